The maximum atomic E-state index is 11.7. The van der Waals surface area contributed by atoms with Gasteiger partial charge in [-0.15, -0.1) is 24.4 Å². The Morgan fingerprint density at radius 2 is 1.59 bits per heavy atom. The number of carboxylic acid groups (broad SMARTS) is 1. The van der Waals surface area contributed by atoms with Crippen molar-refractivity contribution >= 4 is 45.3 Å². The Morgan fingerprint density at radius 3 is 2.14 bits per heavy atom. The van der Waals surface area contributed by atoms with E-state index in [0.717, 1.165) is 5.75 Å². The molecule has 0 heterocycles. The third kappa shape index (κ3) is 12.2. The van der Waals surface area contributed by atoms with Crippen molar-refractivity contribution in [1.82, 2.24) is 0 Å². The molecule has 9 heteroatoms. The lowest BCUT2D eigenvalue weighted by molar-refractivity contribution is -0.133. The van der Waals surface area contributed by atoms with E-state index in [1.165, 1.54) is 11.8 Å². The normalized spacial score (nSPS) is 10.5. The number of aliphatic carboxylic acids is 1. The molecule has 0 aliphatic carbocycles. The van der Waals surface area contributed by atoms with E-state index in [-0.39, 0.29) is 23.0 Å². The van der Waals surface area contributed by atoms with E-state index in [0.29, 0.717) is 23.7 Å². The van der Waals surface area contributed by atoms with Crippen molar-refractivity contribution in [2.45, 2.75) is 17.7 Å². The van der Waals surface area contributed by atoms with Gasteiger partial charge in [0.15, 0.2) is 15.0 Å². The number of hydrogen-bond acceptors (Lipinski definition) is 6. The number of benzene rings is 2. The molecule has 0 spiro atoms. The molecule has 29 heavy (non-hydrogen) atoms. The van der Waals surface area contributed by atoms with Gasteiger partial charge in [0.1, 0.15) is 5.75 Å². The molecular weight excluding hydrogens is 432 g/mol. The molecule has 0 saturated heterocycles. The van der Waals surface area contributed by atoms with Gasteiger partial charge in [-0.05, 0) is 30.7 Å². The SMILES string of the molecule is O=C(O)CSCCOc1ccccc1.O=C(S)CCCS(=O)(=O)c1ccccc1. The summed E-state index contributed by atoms with van der Waals surface area (Å²) in [5.41, 5.74) is 0. The molecule has 2 aromatic rings. The van der Waals surface area contributed by atoms with Crippen LogP contribution in [0.2, 0.25) is 0 Å². The van der Waals surface area contributed by atoms with Crippen LogP contribution < -0.4 is 4.74 Å². The summed E-state index contributed by atoms with van der Waals surface area (Å²) in [7, 11) is -3.24. The minimum absolute atomic E-state index is 0.0106. The zero-order valence-corrected chi connectivity index (χ0v) is 18.3. The van der Waals surface area contributed by atoms with Crippen LogP contribution in [0.1, 0.15) is 12.8 Å². The molecule has 0 radical (unpaired) electrons. The number of carbonyl (C=O) groups is 2. The Kier molecular flexibility index (Phi) is 12.2. The van der Waals surface area contributed by atoms with Crippen LogP contribution in [0, 0.1) is 0 Å². The van der Waals surface area contributed by atoms with Crippen molar-refractivity contribution in [1.29, 1.82) is 0 Å². The molecule has 0 aliphatic heterocycles. The molecule has 0 aromatic heterocycles. The molecule has 0 unspecified atom stereocenters. The second-order valence-electron chi connectivity index (χ2n) is 5.74. The van der Waals surface area contributed by atoms with Crippen LogP contribution in [0.4, 0.5) is 0 Å². The second-order valence-corrected chi connectivity index (χ2v) is 9.45. The Morgan fingerprint density at radius 1 is 1.00 bits per heavy atom. The first-order valence-corrected chi connectivity index (χ1v) is 12.0. The fraction of sp³-hybridized carbons (Fsp3) is 0.300. The molecule has 0 fully saturated rings. The molecule has 158 valence electrons. The molecule has 6 nitrogen and oxygen atoms in total. The van der Waals surface area contributed by atoms with Crippen LogP contribution in [0.15, 0.2) is 65.6 Å². The van der Waals surface area contributed by atoms with Crippen molar-refractivity contribution in [3.63, 3.8) is 0 Å². The molecule has 0 atom stereocenters. The summed E-state index contributed by atoms with van der Waals surface area (Å²) in [5, 5.41) is 8.09. The number of hydrogen-bond donors (Lipinski definition) is 2. The highest BCUT2D eigenvalue weighted by Gasteiger charge is 2.13. The van der Waals surface area contributed by atoms with E-state index < -0.39 is 15.8 Å². The monoisotopic (exact) mass is 456 g/mol. The van der Waals surface area contributed by atoms with E-state index in [1.54, 1.807) is 30.3 Å². The van der Waals surface area contributed by atoms with E-state index in [1.807, 2.05) is 30.3 Å². The van der Waals surface area contributed by atoms with E-state index in [4.69, 9.17) is 9.84 Å². The summed E-state index contributed by atoms with van der Waals surface area (Å²) >= 11 is 4.94. The van der Waals surface area contributed by atoms with Gasteiger partial charge >= 0.3 is 5.97 Å². The Balaban J connectivity index is 0.000000291. The third-order valence-electron chi connectivity index (χ3n) is 3.37. The standard InChI is InChI=1S/C10H12O3S2.C10H12O3S/c11-10(14)7-4-8-15(12,13)9-5-2-1-3-6-9;11-10(12)8-14-7-6-13-9-4-2-1-3-5-9/h1-3,5-6H,4,7-8H2,(H,11,14);1-5H,6-8H2,(H,11,12). The summed E-state index contributed by atoms with van der Waals surface area (Å²) in [5.74, 6) is 0.862. The van der Waals surface area contributed by atoms with Gasteiger partial charge in [-0.1, -0.05) is 36.4 Å². The number of rotatable bonds is 11. The summed E-state index contributed by atoms with van der Waals surface area (Å²) < 4.78 is 28.7. The van der Waals surface area contributed by atoms with Crippen LogP contribution in [0.3, 0.4) is 0 Å². The number of thioether (sulfide) groups is 1. The summed E-state index contributed by atoms with van der Waals surface area (Å²) in [6.45, 7) is 0.544. The highest BCUT2D eigenvalue weighted by molar-refractivity contribution is 7.99. The van der Waals surface area contributed by atoms with Gasteiger partial charge < -0.3 is 9.84 Å². The van der Waals surface area contributed by atoms with E-state index >= 15 is 0 Å². The Hall–Kier alpha value is -1.97. The van der Waals surface area contributed by atoms with Gasteiger partial charge in [0.05, 0.1) is 23.0 Å². The van der Waals surface area contributed by atoms with Gasteiger partial charge in [0.2, 0.25) is 0 Å². The highest BCUT2D eigenvalue weighted by atomic mass is 32.2. The average molecular weight is 457 g/mol. The van der Waals surface area contributed by atoms with Crippen LogP contribution in [-0.4, -0.2) is 48.5 Å². The first-order valence-electron chi connectivity index (χ1n) is 8.78. The second kappa shape index (κ2) is 14.1. The molecule has 0 bridgehead atoms. The van der Waals surface area contributed by atoms with Gasteiger partial charge in [0, 0.05) is 12.2 Å². The summed E-state index contributed by atoms with van der Waals surface area (Å²) in [6.07, 6.45) is 0.509. The zero-order chi connectivity index (χ0) is 21.5. The predicted octanol–water partition coefficient (Wildman–Crippen LogP) is 3.58. The molecule has 0 amide bonds. The zero-order valence-electron chi connectivity index (χ0n) is 15.8. The lowest BCUT2D eigenvalue weighted by Crippen LogP contribution is -2.07. The van der Waals surface area contributed by atoms with Crippen molar-refractivity contribution in [3.05, 3.63) is 60.7 Å². The first-order chi connectivity index (χ1) is 13.8. The van der Waals surface area contributed by atoms with Gasteiger partial charge in [-0.2, -0.15) is 0 Å². The highest BCUT2D eigenvalue weighted by Crippen LogP contribution is 2.12. The fourth-order valence-electron chi connectivity index (χ4n) is 2.05. The Labute approximate surface area is 181 Å². The van der Waals surface area contributed by atoms with Gasteiger partial charge in [0.25, 0.3) is 0 Å². The van der Waals surface area contributed by atoms with Gasteiger partial charge in [-0.25, -0.2) is 8.42 Å². The number of ether oxygens (including phenoxy) is 1. The van der Waals surface area contributed by atoms with Crippen molar-refractivity contribution in [2.75, 3.05) is 23.9 Å². The summed E-state index contributed by atoms with van der Waals surface area (Å²) in [4.78, 5) is 21.0. The average Bonchev–Trinajstić information content (AvgIpc) is 2.69. The minimum Gasteiger partial charge on any atom is -0.493 e. The van der Waals surface area contributed by atoms with E-state index in [9.17, 15) is 18.0 Å². The number of carbonyl (C=O) groups excluding carboxylic acids is 1. The van der Waals surface area contributed by atoms with Crippen LogP contribution in [0.5, 0.6) is 5.75 Å². The van der Waals surface area contributed by atoms with E-state index in [2.05, 4.69) is 12.6 Å². The van der Waals surface area contributed by atoms with Crippen LogP contribution in [-0.2, 0) is 19.4 Å². The lowest BCUT2D eigenvalue weighted by atomic mass is 10.3. The minimum atomic E-state index is -3.24. The van der Waals surface area contributed by atoms with Crippen molar-refractivity contribution in [2.24, 2.45) is 0 Å². The number of carboxylic acids is 1. The number of para-hydroxylation sites is 1. The molecular formula is C20H24O6S3. The maximum Gasteiger partial charge on any atom is 0.313 e. The number of thiol groups is 1. The molecule has 1 N–H and O–H groups in total. The third-order valence-corrected chi connectivity index (χ3v) is 6.32. The maximum absolute atomic E-state index is 11.7. The first kappa shape index (κ1) is 25.1. The van der Waals surface area contributed by atoms with Crippen LogP contribution >= 0.6 is 24.4 Å². The lowest BCUT2D eigenvalue weighted by Gasteiger charge is -2.04. The largest absolute Gasteiger partial charge is 0.493 e. The molecule has 2 rings (SSSR count). The summed E-state index contributed by atoms with van der Waals surface area (Å²) in [6, 6.07) is 17.7. The smallest absolute Gasteiger partial charge is 0.313 e. The molecule has 0 saturated carbocycles. The van der Waals surface area contributed by atoms with Crippen LogP contribution in [0.25, 0.3) is 0 Å². The topological polar surface area (TPSA) is 97.7 Å². The molecule has 2 aromatic carbocycles. The quantitative estimate of drug-likeness (QED) is 0.394. The van der Waals surface area contributed by atoms with Crippen molar-refractivity contribution < 1.29 is 27.9 Å². The van der Waals surface area contributed by atoms with Gasteiger partial charge in [-0.3, -0.25) is 9.59 Å². The number of sulfone groups is 1. The van der Waals surface area contributed by atoms with Crippen molar-refractivity contribution in [3.8, 4) is 5.75 Å². The Bertz CT molecular complexity index is 839. The molecule has 0 aliphatic rings. The fourth-order valence-corrected chi connectivity index (χ4v) is 4.06. The predicted molar refractivity (Wildman–Crippen MR) is 119 cm³/mol.